The minimum Gasteiger partial charge on any atom is -0.372 e. The lowest BCUT2D eigenvalue weighted by atomic mass is 10.2. The lowest BCUT2D eigenvalue weighted by Crippen LogP contribution is -2.45. The minimum atomic E-state index is -3.37. The van der Waals surface area contributed by atoms with E-state index in [1.807, 2.05) is 24.3 Å². The van der Waals surface area contributed by atoms with Crippen LogP contribution >= 0.6 is 0 Å². The summed E-state index contributed by atoms with van der Waals surface area (Å²) in [6, 6.07) is 7.77. The van der Waals surface area contributed by atoms with Gasteiger partial charge in [0.25, 0.3) is 0 Å². The van der Waals surface area contributed by atoms with E-state index in [-0.39, 0.29) is 31.1 Å². The summed E-state index contributed by atoms with van der Waals surface area (Å²) in [6.07, 6.45) is 1.09. The molecule has 158 valence electrons. The number of benzene rings is 1. The Labute approximate surface area is 168 Å². The van der Waals surface area contributed by atoms with Crippen molar-refractivity contribution in [2.24, 2.45) is 0 Å². The molecule has 1 aromatic carbocycles. The van der Waals surface area contributed by atoms with E-state index in [0.717, 1.165) is 24.5 Å². The quantitative estimate of drug-likeness (QED) is 0.674. The van der Waals surface area contributed by atoms with Gasteiger partial charge in [-0.1, -0.05) is 0 Å². The number of sulfonamides is 1. The van der Waals surface area contributed by atoms with Crippen LogP contribution in [-0.4, -0.2) is 50.9 Å². The number of carbonyl (C=O) groups is 1. The van der Waals surface area contributed by atoms with Gasteiger partial charge in [-0.15, -0.1) is 0 Å². The fourth-order valence-electron chi connectivity index (χ4n) is 3.04. The van der Waals surface area contributed by atoms with Crippen LogP contribution in [0.15, 0.2) is 24.3 Å². The van der Waals surface area contributed by atoms with E-state index in [0.29, 0.717) is 6.42 Å². The Morgan fingerprint density at radius 3 is 2.25 bits per heavy atom. The van der Waals surface area contributed by atoms with Crippen molar-refractivity contribution in [3.8, 4) is 0 Å². The number of morpholine rings is 1. The maximum absolute atomic E-state index is 12.1. The first-order valence-electron chi connectivity index (χ1n) is 9.77. The maximum atomic E-state index is 12.1. The van der Waals surface area contributed by atoms with Crippen molar-refractivity contribution in [1.29, 1.82) is 0 Å². The Morgan fingerprint density at radius 2 is 1.71 bits per heavy atom. The second kappa shape index (κ2) is 9.24. The van der Waals surface area contributed by atoms with Gasteiger partial charge in [0.15, 0.2) is 0 Å². The third-order valence-electron chi connectivity index (χ3n) is 4.61. The molecule has 2 N–H and O–H groups in total. The first-order chi connectivity index (χ1) is 13.0. The first-order valence-corrected chi connectivity index (χ1v) is 11.3. The van der Waals surface area contributed by atoms with Crippen LogP contribution in [0.5, 0.6) is 0 Å². The Bertz CT molecular complexity index is 747. The van der Waals surface area contributed by atoms with Crippen LogP contribution in [0.3, 0.4) is 0 Å². The van der Waals surface area contributed by atoms with Crippen LogP contribution in [-0.2, 0) is 19.6 Å². The summed E-state index contributed by atoms with van der Waals surface area (Å²) in [6.45, 7) is 11.0. The Kier molecular flexibility index (Phi) is 7.47. The highest BCUT2D eigenvalue weighted by Gasteiger charge is 2.28. The summed E-state index contributed by atoms with van der Waals surface area (Å²) >= 11 is 0. The zero-order chi connectivity index (χ0) is 20.9. The molecular weight excluding hydrogens is 378 g/mol. The molecule has 1 amide bonds. The summed E-state index contributed by atoms with van der Waals surface area (Å²) in [7, 11) is -3.37. The largest absolute Gasteiger partial charge is 0.372 e. The maximum Gasteiger partial charge on any atom is 0.224 e. The topological polar surface area (TPSA) is 87.7 Å². The highest BCUT2D eigenvalue weighted by atomic mass is 32.2. The lowest BCUT2D eigenvalue weighted by molar-refractivity contribution is -0.116. The molecule has 1 heterocycles. The number of nitrogens with one attached hydrogen (secondary N) is 2. The molecular formula is C20H33N3O4S. The van der Waals surface area contributed by atoms with E-state index in [4.69, 9.17) is 4.74 Å². The van der Waals surface area contributed by atoms with Gasteiger partial charge in [-0.2, -0.15) is 0 Å². The van der Waals surface area contributed by atoms with Crippen LogP contribution in [0.1, 0.15) is 47.5 Å². The molecule has 0 radical (unpaired) electrons. The molecule has 2 atom stereocenters. The average molecular weight is 412 g/mol. The third kappa shape index (κ3) is 6.46. The molecule has 1 aliphatic heterocycles. The van der Waals surface area contributed by atoms with E-state index < -0.39 is 14.8 Å². The number of ether oxygens (including phenoxy) is 1. The van der Waals surface area contributed by atoms with Crippen molar-refractivity contribution in [3.05, 3.63) is 24.3 Å². The van der Waals surface area contributed by atoms with Crippen LogP contribution in [0.25, 0.3) is 0 Å². The van der Waals surface area contributed by atoms with Crippen LogP contribution in [0.4, 0.5) is 11.4 Å². The van der Waals surface area contributed by atoms with Crippen molar-refractivity contribution >= 4 is 27.3 Å². The van der Waals surface area contributed by atoms with Gasteiger partial charge in [-0.05, 0) is 65.3 Å². The van der Waals surface area contributed by atoms with Crippen molar-refractivity contribution in [3.63, 3.8) is 0 Å². The molecule has 0 saturated carbocycles. The van der Waals surface area contributed by atoms with Crippen molar-refractivity contribution in [2.75, 3.05) is 29.9 Å². The first kappa shape index (κ1) is 22.6. The molecule has 0 aliphatic carbocycles. The minimum absolute atomic E-state index is 0.128. The number of carbonyl (C=O) groups excluding carboxylic acids is 1. The fourth-order valence-corrected chi connectivity index (χ4v) is 3.89. The Morgan fingerprint density at radius 1 is 1.14 bits per heavy atom. The van der Waals surface area contributed by atoms with E-state index >= 15 is 0 Å². The SMILES string of the molecule is CC1CN(c2ccc(NC(=O)CCCNS(=O)(=O)C(C)(C)C)cc2)CC(C)O1. The summed E-state index contributed by atoms with van der Waals surface area (Å²) in [5.41, 5.74) is 1.84. The second-order valence-electron chi connectivity index (χ2n) is 8.37. The standard InChI is InChI=1S/C20H33N3O4S/c1-15-13-23(14-16(2)27-15)18-10-8-17(9-11-18)22-19(24)7-6-12-21-28(25,26)20(3,4)5/h8-11,15-16,21H,6-7,12-14H2,1-5H3,(H,22,24). The monoisotopic (exact) mass is 411 g/mol. The highest BCUT2D eigenvalue weighted by molar-refractivity contribution is 7.90. The van der Waals surface area contributed by atoms with Gasteiger partial charge in [-0.25, -0.2) is 13.1 Å². The molecule has 0 spiro atoms. The molecule has 2 unspecified atom stereocenters. The number of rotatable bonds is 7. The number of anilines is 2. The molecule has 2 rings (SSSR count). The van der Waals surface area contributed by atoms with E-state index in [1.54, 1.807) is 20.8 Å². The van der Waals surface area contributed by atoms with Gasteiger partial charge < -0.3 is 15.0 Å². The van der Waals surface area contributed by atoms with Gasteiger partial charge in [0.1, 0.15) is 0 Å². The summed E-state index contributed by atoms with van der Waals surface area (Å²) < 4.78 is 31.4. The third-order valence-corrected chi connectivity index (χ3v) is 6.81. The molecule has 7 nitrogen and oxygen atoms in total. The Hall–Kier alpha value is -1.64. The van der Waals surface area contributed by atoms with Gasteiger partial charge >= 0.3 is 0 Å². The molecule has 1 fully saturated rings. The molecule has 28 heavy (non-hydrogen) atoms. The predicted molar refractivity (Wildman–Crippen MR) is 113 cm³/mol. The van der Waals surface area contributed by atoms with E-state index in [9.17, 15) is 13.2 Å². The normalized spacial score (nSPS) is 20.8. The zero-order valence-corrected chi connectivity index (χ0v) is 18.3. The number of nitrogens with zero attached hydrogens (tertiary/aromatic N) is 1. The summed E-state index contributed by atoms with van der Waals surface area (Å²) in [5, 5.41) is 2.86. The van der Waals surface area contributed by atoms with Gasteiger partial charge in [-0.3, -0.25) is 4.79 Å². The molecule has 0 aromatic heterocycles. The Balaban J connectivity index is 1.78. The molecule has 1 saturated heterocycles. The van der Waals surface area contributed by atoms with Crippen LogP contribution in [0, 0.1) is 0 Å². The van der Waals surface area contributed by atoms with Crippen molar-refractivity contribution in [1.82, 2.24) is 4.72 Å². The fraction of sp³-hybridized carbons (Fsp3) is 0.650. The smallest absolute Gasteiger partial charge is 0.224 e. The van der Waals surface area contributed by atoms with Gasteiger partial charge in [0.2, 0.25) is 15.9 Å². The van der Waals surface area contributed by atoms with Crippen LogP contribution < -0.4 is 14.9 Å². The molecule has 0 bridgehead atoms. The lowest BCUT2D eigenvalue weighted by Gasteiger charge is -2.36. The van der Waals surface area contributed by atoms with E-state index in [2.05, 4.69) is 28.8 Å². The molecule has 1 aliphatic rings. The number of hydrogen-bond donors (Lipinski definition) is 2. The number of hydrogen-bond acceptors (Lipinski definition) is 5. The molecule has 1 aromatic rings. The van der Waals surface area contributed by atoms with Crippen LogP contribution in [0.2, 0.25) is 0 Å². The van der Waals surface area contributed by atoms with Gasteiger partial charge in [0.05, 0.1) is 17.0 Å². The average Bonchev–Trinajstić information content (AvgIpc) is 2.57. The molecule has 8 heteroatoms. The second-order valence-corrected chi connectivity index (χ2v) is 10.9. The number of amides is 1. The highest BCUT2D eigenvalue weighted by Crippen LogP contribution is 2.22. The summed E-state index contributed by atoms with van der Waals surface area (Å²) in [4.78, 5) is 14.4. The van der Waals surface area contributed by atoms with Crippen molar-refractivity contribution < 1.29 is 17.9 Å². The predicted octanol–water partition coefficient (Wildman–Crippen LogP) is 2.74. The van der Waals surface area contributed by atoms with E-state index in [1.165, 1.54) is 0 Å². The zero-order valence-electron chi connectivity index (χ0n) is 17.5. The van der Waals surface area contributed by atoms with Gasteiger partial charge in [0, 0.05) is 37.4 Å². The van der Waals surface area contributed by atoms with Crippen molar-refractivity contribution in [2.45, 2.75) is 64.4 Å². The summed E-state index contributed by atoms with van der Waals surface area (Å²) in [5.74, 6) is -0.128.